The lowest BCUT2D eigenvalue weighted by atomic mass is 9.98. The third kappa shape index (κ3) is 6.57. The zero-order valence-electron chi connectivity index (χ0n) is 13.6. The minimum Gasteiger partial charge on any atom is -0.395 e. The van der Waals surface area contributed by atoms with E-state index in [0.29, 0.717) is 19.2 Å². The summed E-state index contributed by atoms with van der Waals surface area (Å²) in [5, 5.41) is 12.7. The second-order valence-corrected chi connectivity index (χ2v) is 5.31. The van der Waals surface area contributed by atoms with E-state index in [0.717, 1.165) is 26.1 Å². The summed E-state index contributed by atoms with van der Waals surface area (Å²) < 4.78 is 5.14. The van der Waals surface area contributed by atoms with Crippen molar-refractivity contribution in [1.82, 2.24) is 10.2 Å². The van der Waals surface area contributed by atoms with Crippen LogP contribution in [0.2, 0.25) is 0 Å². The number of rotatable bonds is 11. The van der Waals surface area contributed by atoms with Gasteiger partial charge in [-0.1, -0.05) is 31.2 Å². The largest absolute Gasteiger partial charge is 0.395 e. The van der Waals surface area contributed by atoms with E-state index in [1.165, 1.54) is 11.1 Å². The molecule has 1 atom stereocenters. The molecule has 0 aliphatic rings. The molecule has 0 saturated carbocycles. The van der Waals surface area contributed by atoms with Crippen LogP contribution < -0.4 is 5.32 Å². The summed E-state index contributed by atoms with van der Waals surface area (Å²) in [5.41, 5.74) is 2.70. The highest BCUT2D eigenvalue weighted by Crippen LogP contribution is 2.20. The molecule has 1 rings (SSSR count). The van der Waals surface area contributed by atoms with Gasteiger partial charge in [0.2, 0.25) is 0 Å². The number of methoxy groups -OCH3 is 1. The molecule has 1 unspecified atom stereocenters. The van der Waals surface area contributed by atoms with E-state index in [1.807, 2.05) is 0 Å². The number of ether oxygens (including phenoxy) is 1. The summed E-state index contributed by atoms with van der Waals surface area (Å²) in [6, 6.07) is 8.91. The molecular formula is C17H30N2O2. The molecule has 2 N–H and O–H groups in total. The van der Waals surface area contributed by atoms with Crippen molar-refractivity contribution in [2.75, 3.05) is 46.5 Å². The van der Waals surface area contributed by atoms with Crippen LogP contribution in [0.1, 0.15) is 30.5 Å². The highest BCUT2D eigenvalue weighted by Gasteiger charge is 2.14. The number of hydrogen-bond donors (Lipinski definition) is 2. The number of nitrogens with one attached hydrogen (secondary N) is 1. The molecule has 0 aromatic heterocycles. The van der Waals surface area contributed by atoms with Crippen molar-refractivity contribution in [2.45, 2.75) is 26.3 Å². The molecule has 0 saturated heterocycles. The van der Waals surface area contributed by atoms with E-state index in [9.17, 15) is 0 Å². The molecule has 0 bridgehead atoms. The van der Waals surface area contributed by atoms with E-state index >= 15 is 0 Å². The Bertz CT molecular complexity index is 385. The lowest BCUT2D eigenvalue weighted by Gasteiger charge is -2.26. The van der Waals surface area contributed by atoms with Gasteiger partial charge in [-0.15, -0.1) is 0 Å². The van der Waals surface area contributed by atoms with Crippen LogP contribution in [0, 0.1) is 6.92 Å². The maximum atomic E-state index is 9.17. The van der Waals surface area contributed by atoms with Crippen molar-refractivity contribution in [2.24, 2.45) is 0 Å². The Morgan fingerprint density at radius 1 is 1.24 bits per heavy atom. The van der Waals surface area contributed by atoms with Crippen molar-refractivity contribution in [3.8, 4) is 0 Å². The van der Waals surface area contributed by atoms with E-state index < -0.39 is 0 Å². The summed E-state index contributed by atoms with van der Waals surface area (Å²) in [5.74, 6) is 0. The first-order chi connectivity index (χ1) is 10.2. The summed E-state index contributed by atoms with van der Waals surface area (Å²) in [7, 11) is 1.71. The smallest absolute Gasteiger partial charge is 0.0589 e. The van der Waals surface area contributed by atoms with Gasteiger partial charge in [0.15, 0.2) is 0 Å². The predicted octanol–water partition coefficient (Wildman–Crippen LogP) is 1.98. The third-order valence-electron chi connectivity index (χ3n) is 3.78. The van der Waals surface area contributed by atoms with Crippen LogP contribution in [-0.4, -0.2) is 56.5 Å². The van der Waals surface area contributed by atoms with E-state index in [4.69, 9.17) is 9.84 Å². The third-order valence-corrected chi connectivity index (χ3v) is 3.78. The van der Waals surface area contributed by atoms with Gasteiger partial charge in [0.05, 0.1) is 13.2 Å². The van der Waals surface area contributed by atoms with Gasteiger partial charge in [-0.25, -0.2) is 0 Å². The average Bonchev–Trinajstić information content (AvgIpc) is 2.49. The highest BCUT2D eigenvalue weighted by atomic mass is 16.5. The molecule has 0 heterocycles. The molecule has 0 radical (unpaired) electrons. The van der Waals surface area contributed by atoms with Crippen LogP contribution in [-0.2, 0) is 4.74 Å². The van der Waals surface area contributed by atoms with Crippen molar-refractivity contribution in [3.63, 3.8) is 0 Å². The quantitative estimate of drug-likeness (QED) is 0.655. The van der Waals surface area contributed by atoms with E-state index in [-0.39, 0.29) is 6.61 Å². The Kier molecular flexibility index (Phi) is 9.26. The topological polar surface area (TPSA) is 44.7 Å². The van der Waals surface area contributed by atoms with Crippen LogP contribution in [0.15, 0.2) is 24.3 Å². The number of benzene rings is 1. The number of nitrogens with zero attached hydrogens (tertiary/aromatic N) is 1. The molecule has 0 fully saturated rings. The van der Waals surface area contributed by atoms with Gasteiger partial charge in [-0.3, -0.25) is 4.90 Å². The standard InChI is InChI=1S/C17H30N2O2/c1-4-18-17(16-8-6-5-7-15(16)2)9-10-19(11-13-20)12-14-21-3/h5-8,17-18,20H,4,9-14H2,1-3H3. The highest BCUT2D eigenvalue weighted by molar-refractivity contribution is 5.28. The van der Waals surface area contributed by atoms with Crippen molar-refractivity contribution in [3.05, 3.63) is 35.4 Å². The second-order valence-electron chi connectivity index (χ2n) is 5.31. The first kappa shape index (κ1) is 18.1. The van der Waals surface area contributed by atoms with Crippen LogP contribution in [0.3, 0.4) is 0 Å². The first-order valence-corrected chi connectivity index (χ1v) is 7.84. The SMILES string of the molecule is CCNC(CCN(CCO)CCOC)c1ccccc1C. The van der Waals surface area contributed by atoms with Crippen LogP contribution in [0.4, 0.5) is 0 Å². The average molecular weight is 294 g/mol. The van der Waals surface area contributed by atoms with Crippen molar-refractivity contribution < 1.29 is 9.84 Å². The Morgan fingerprint density at radius 3 is 2.62 bits per heavy atom. The van der Waals surface area contributed by atoms with Crippen molar-refractivity contribution >= 4 is 0 Å². The molecule has 21 heavy (non-hydrogen) atoms. The maximum absolute atomic E-state index is 9.17. The number of hydrogen-bond acceptors (Lipinski definition) is 4. The molecule has 1 aromatic rings. The second kappa shape index (κ2) is 10.7. The van der Waals surface area contributed by atoms with Gasteiger partial charge in [0.1, 0.15) is 0 Å². The Morgan fingerprint density at radius 2 is 2.00 bits per heavy atom. The monoisotopic (exact) mass is 294 g/mol. The zero-order valence-corrected chi connectivity index (χ0v) is 13.6. The molecule has 0 aliphatic heterocycles. The Hall–Kier alpha value is -0.940. The van der Waals surface area contributed by atoms with Gasteiger partial charge in [0.25, 0.3) is 0 Å². The lowest BCUT2D eigenvalue weighted by Crippen LogP contribution is -2.34. The molecule has 0 aliphatic carbocycles. The zero-order chi connectivity index (χ0) is 15.5. The summed E-state index contributed by atoms with van der Waals surface area (Å²) in [4.78, 5) is 2.26. The van der Waals surface area contributed by atoms with Crippen LogP contribution >= 0.6 is 0 Å². The first-order valence-electron chi connectivity index (χ1n) is 7.84. The van der Waals surface area contributed by atoms with Crippen LogP contribution in [0.25, 0.3) is 0 Å². The summed E-state index contributed by atoms with van der Waals surface area (Å²) in [6.45, 7) is 8.68. The lowest BCUT2D eigenvalue weighted by molar-refractivity contribution is 0.127. The van der Waals surface area contributed by atoms with Gasteiger partial charge >= 0.3 is 0 Å². The maximum Gasteiger partial charge on any atom is 0.0589 e. The fourth-order valence-electron chi connectivity index (χ4n) is 2.60. The minimum atomic E-state index is 0.194. The van der Waals surface area contributed by atoms with Crippen molar-refractivity contribution in [1.29, 1.82) is 0 Å². The normalized spacial score (nSPS) is 12.8. The van der Waals surface area contributed by atoms with Gasteiger partial charge in [-0.2, -0.15) is 0 Å². The molecule has 4 nitrogen and oxygen atoms in total. The number of aliphatic hydroxyl groups is 1. The summed E-state index contributed by atoms with van der Waals surface area (Å²) in [6.07, 6.45) is 1.03. The fourth-order valence-corrected chi connectivity index (χ4v) is 2.60. The Balaban J connectivity index is 2.62. The number of aryl methyl sites for hydroxylation is 1. The van der Waals surface area contributed by atoms with Gasteiger partial charge < -0.3 is 15.2 Å². The molecule has 0 spiro atoms. The fraction of sp³-hybridized carbons (Fsp3) is 0.647. The minimum absolute atomic E-state index is 0.194. The molecule has 120 valence electrons. The van der Waals surface area contributed by atoms with E-state index in [1.54, 1.807) is 7.11 Å². The Labute approximate surface area is 129 Å². The molecule has 4 heteroatoms. The van der Waals surface area contributed by atoms with Gasteiger partial charge in [-0.05, 0) is 31.0 Å². The van der Waals surface area contributed by atoms with E-state index in [2.05, 4.69) is 48.3 Å². The van der Waals surface area contributed by atoms with Gasteiger partial charge in [0, 0.05) is 32.8 Å². The van der Waals surface area contributed by atoms with Crippen LogP contribution in [0.5, 0.6) is 0 Å². The predicted molar refractivity (Wildman–Crippen MR) is 87.6 cm³/mol. The number of aliphatic hydroxyl groups excluding tert-OH is 1. The molecular weight excluding hydrogens is 264 g/mol. The molecule has 0 amide bonds. The molecule has 1 aromatic carbocycles. The summed E-state index contributed by atoms with van der Waals surface area (Å²) >= 11 is 0.